The normalized spacial score (nSPS) is 10.3. The Labute approximate surface area is 82.3 Å². The fourth-order valence-electron chi connectivity index (χ4n) is 0.798. The van der Waals surface area contributed by atoms with Crippen molar-refractivity contribution in [1.82, 2.24) is 0 Å². The highest BCUT2D eigenvalue weighted by Crippen LogP contribution is 2.18. The van der Waals surface area contributed by atoms with Gasteiger partial charge in [0.05, 0.1) is 17.6 Å². The van der Waals surface area contributed by atoms with E-state index in [0.717, 1.165) is 17.4 Å². The highest BCUT2D eigenvalue weighted by molar-refractivity contribution is 7.12. The SMILES string of the molecule is COC(=O)c1csc(C(=O)C(F)F)c1. The lowest BCUT2D eigenvalue weighted by Gasteiger charge is -1.93. The molecule has 1 aromatic rings. The third-order valence-electron chi connectivity index (χ3n) is 1.46. The highest BCUT2D eigenvalue weighted by Gasteiger charge is 2.21. The standard InChI is InChI=1S/C8H6F2O3S/c1-13-8(12)4-2-5(14-3-4)6(11)7(9)10/h2-3,7H,1H3. The van der Waals surface area contributed by atoms with E-state index >= 15 is 0 Å². The Kier molecular flexibility index (Phi) is 3.29. The highest BCUT2D eigenvalue weighted by atomic mass is 32.1. The molecule has 0 atom stereocenters. The van der Waals surface area contributed by atoms with Crippen LogP contribution in [0.5, 0.6) is 0 Å². The molecule has 0 saturated carbocycles. The van der Waals surface area contributed by atoms with Crippen LogP contribution in [0.2, 0.25) is 0 Å². The Hall–Kier alpha value is -1.30. The van der Waals surface area contributed by atoms with Gasteiger partial charge in [-0.25, -0.2) is 13.6 Å². The van der Waals surface area contributed by atoms with Crippen molar-refractivity contribution in [3.63, 3.8) is 0 Å². The van der Waals surface area contributed by atoms with E-state index in [1.165, 1.54) is 12.5 Å². The first kappa shape index (κ1) is 10.8. The molecule has 0 saturated heterocycles. The maximum absolute atomic E-state index is 11.9. The van der Waals surface area contributed by atoms with Crippen LogP contribution in [0.3, 0.4) is 0 Å². The van der Waals surface area contributed by atoms with E-state index in [4.69, 9.17) is 0 Å². The molecule has 1 heterocycles. The largest absolute Gasteiger partial charge is 0.465 e. The first-order valence-corrected chi connectivity index (χ1v) is 4.43. The molecule has 6 heteroatoms. The summed E-state index contributed by atoms with van der Waals surface area (Å²) in [4.78, 5) is 21.5. The number of carbonyl (C=O) groups excluding carboxylic acids is 2. The Morgan fingerprint density at radius 2 is 2.14 bits per heavy atom. The number of Topliss-reactive ketones (excluding diaryl/α,β-unsaturated/α-hetero) is 1. The molecule has 0 radical (unpaired) electrons. The van der Waals surface area contributed by atoms with E-state index < -0.39 is 18.2 Å². The fourth-order valence-corrected chi connectivity index (χ4v) is 1.62. The average molecular weight is 220 g/mol. The monoisotopic (exact) mass is 220 g/mol. The van der Waals surface area contributed by atoms with Crippen LogP contribution < -0.4 is 0 Å². The summed E-state index contributed by atoms with van der Waals surface area (Å²) >= 11 is 0.799. The third-order valence-corrected chi connectivity index (χ3v) is 2.41. The summed E-state index contributed by atoms with van der Waals surface area (Å²) in [7, 11) is 1.18. The lowest BCUT2D eigenvalue weighted by atomic mass is 10.2. The smallest absolute Gasteiger partial charge is 0.338 e. The van der Waals surface area contributed by atoms with Gasteiger partial charge in [-0.2, -0.15) is 0 Å². The lowest BCUT2D eigenvalue weighted by Crippen LogP contribution is -2.08. The first-order chi connectivity index (χ1) is 6.56. The van der Waals surface area contributed by atoms with Gasteiger partial charge in [-0.15, -0.1) is 11.3 Å². The second kappa shape index (κ2) is 4.28. The van der Waals surface area contributed by atoms with Crippen LogP contribution in [-0.2, 0) is 4.74 Å². The van der Waals surface area contributed by atoms with E-state index in [0.29, 0.717) is 0 Å². The molecule has 14 heavy (non-hydrogen) atoms. The molecule has 0 aromatic carbocycles. The van der Waals surface area contributed by atoms with Crippen molar-refractivity contribution in [1.29, 1.82) is 0 Å². The van der Waals surface area contributed by atoms with Gasteiger partial charge in [0.2, 0.25) is 5.78 Å². The summed E-state index contributed by atoms with van der Waals surface area (Å²) in [5.74, 6) is -1.92. The molecular weight excluding hydrogens is 214 g/mol. The maximum Gasteiger partial charge on any atom is 0.338 e. The van der Waals surface area contributed by atoms with Crippen LogP contribution in [-0.4, -0.2) is 25.3 Å². The van der Waals surface area contributed by atoms with Crippen molar-refractivity contribution in [3.05, 3.63) is 21.9 Å². The van der Waals surface area contributed by atoms with E-state index in [1.807, 2.05) is 0 Å². The predicted molar refractivity (Wildman–Crippen MR) is 46.0 cm³/mol. The number of ketones is 1. The summed E-state index contributed by atoms with van der Waals surface area (Å²) in [6.07, 6.45) is -3.04. The second-order valence-electron chi connectivity index (χ2n) is 2.36. The summed E-state index contributed by atoms with van der Waals surface area (Å²) in [6, 6.07) is 1.10. The zero-order valence-electron chi connectivity index (χ0n) is 7.12. The van der Waals surface area contributed by atoms with E-state index in [2.05, 4.69) is 4.74 Å². The number of alkyl halides is 2. The molecular formula is C8H6F2O3S. The van der Waals surface area contributed by atoms with Crippen LogP contribution >= 0.6 is 11.3 Å². The van der Waals surface area contributed by atoms with Gasteiger partial charge in [-0.3, -0.25) is 4.79 Å². The number of rotatable bonds is 3. The van der Waals surface area contributed by atoms with Gasteiger partial charge in [0.1, 0.15) is 0 Å². The number of hydrogen-bond donors (Lipinski definition) is 0. The van der Waals surface area contributed by atoms with Gasteiger partial charge in [0.25, 0.3) is 0 Å². The van der Waals surface area contributed by atoms with Gasteiger partial charge in [0, 0.05) is 5.38 Å². The molecule has 0 amide bonds. The van der Waals surface area contributed by atoms with Crippen molar-refractivity contribution in [2.24, 2.45) is 0 Å². The summed E-state index contributed by atoms with van der Waals surface area (Å²) in [5, 5.41) is 1.31. The van der Waals surface area contributed by atoms with Crippen LogP contribution in [0.4, 0.5) is 8.78 Å². The van der Waals surface area contributed by atoms with Gasteiger partial charge in [0.15, 0.2) is 0 Å². The minimum atomic E-state index is -3.04. The lowest BCUT2D eigenvalue weighted by molar-refractivity contribution is 0.0601. The number of carbonyl (C=O) groups is 2. The topological polar surface area (TPSA) is 43.4 Å². The molecule has 0 aliphatic heterocycles. The van der Waals surface area contributed by atoms with Crippen LogP contribution in [0.15, 0.2) is 11.4 Å². The van der Waals surface area contributed by atoms with E-state index in [1.54, 1.807) is 0 Å². The number of halogens is 2. The van der Waals surface area contributed by atoms with Crippen molar-refractivity contribution < 1.29 is 23.1 Å². The number of esters is 1. The first-order valence-electron chi connectivity index (χ1n) is 3.55. The van der Waals surface area contributed by atoms with Crippen molar-refractivity contribution >= 4 is 23.1 Å². The maximum atomic E-state index is 11.9. The Bertz CT molecular complexity index is 359. The number of ether oxygens (including phenoxy) is 1. The van der Waals surface area contributed by atoms with Crippen LogP contribution in [0.25, 0.3) is 0 Å². The summed E-state index contributed by atoms with van der Waals surface area (Å²) in [6.45, 7) is 0. The molecule has 0 aliphatic carbocycles. The van der Waals surface area contributed by atoms with Gasteiger partial charge in [-0.1, -0.05) is 0 Å². The molecule has 0 N–H and O–H groups in total. The molecule has 0 bridgehead atoms. The van der Waals surface area contributed by atoms with Crippen LogP contribution in [0, 0.1) is 0 Å². The van der Waals surface area contributed by atoms with Crippen molar-refractivity contribution in [2.45, 2.75) is 6.43 Å². The van der Waals surface area contributed by atoms with Crippen molar-refractivity contribution in [3.8, 4) is 0 Å². The Morgan fingerprint density at radius 3 is 2.64 bits per heavy atom. The quantitative estimate of drug-likeness (QED) is 0.577. The van der Waals surface area contributed by atoms with Gasteiger partial charge in [-0.05, 0) is 6.07 Å². The average Bonchev–Trinajstić information content (AvgIpc) is 2.64. The molecule has 0 unspecified atom stereocenters. The Morgan fingerprint density at radius 1 is 1.50 bits per heavy atom. The molecule has 0 fully saturated rings. The zero-order chi connectivity index (χ0) is 10.7. The van der Waals surface area contributed by atoms with E-state index in [9.17, 15) is 18.4 Å². The van der Waals surface area contributed by atoms with Crippen LogP contribution in [0.1, 0.15) is 20.0 Å². The minimum absolute atomic E-state index is 0.113. The Balaban J connectivity index is 2.88. The number of thiophene rings is 1. The van der Waals surface area contributed by atoms with E-state index in [-0.39, 0.29) is 10.4 Å². The molecule has 0 aliphatic rings. The molecule has 0 spiro atoms. The minimum Gasteiger partial charge on any atom is -0.465 e. The second-order valence-corrected chi connectivity index (χ2v) is 3.27. The molecule has 1 rings (SSSR count). The summed E-state index contributed by atoms with van der Waals surface area (Å²) < 4.78 is 28.3. The van der Waals surface area contributed by atoms with Crippen molar-refractivity contribution in [2.75, 3.05) is 7.11 Å². The fraction of sp³-hybridized carbons (Fsp3) is 0.250. The molecule has 1 aromatic heterocycles. The zero-order valence-corrected chi connectivity index (χ0v) is 7.94. The molecule has 3 nitrogen and oxygen atoms in total. The summed E-state index contributed by atoms with van der Waals surface area (Å²) in [5.41, 5.74) is 0.113. The predicted octanol–water partition coefficient (Wildman–Crippen LogP) is 1.98. The number of methoxy groups -OCH3 is 1. The number of hydrogen-bond acceptors (Lipinski definition) is 4. The molecule has 76 valence electrons. The van der Waals surface area contributed by atoms with Gasteiger partial charge >= 0.3 is 12.4 Å². The third kappa shape index (κ3) is 2.14. The van der Waals surface area contributed by atoms with Gasteiger partial charge < -0.3 is 4.74 Å².